The highest BCUT2D eigenvalue weighted by Gasteiger charge is 2.20. The number of sulfonamides is 2. The summed E-state index contributed by atoms with van der Waals surface area (Å²) in [6, 6.07) is 9.94. The summed E-state index contributed by atoms with van der Waals surface area (Å²) in [5.41, 5.74) is 0.370. The first-order valence-electron chi connectivity index (χ1n) is 9.92. The van der Waals surface area contributed by atoms with Crippen molar-refractivity contribution in [1.29, 1.82) is 0 Å². The van der Waals surface area contributed by atoms with Crippen LogP contribution in [0.2, 0.25) is 0 Å². The van der Waals surface area contributed by atoms with Crippen LogP contribution in [-0.2, 0) is 29.6 Å². The highest BCUT2D eigenvalue weighted by molar-refractivity contribution is 7.89. The number of anilines is 1. The topological polar surface area (TPSA) is 131 Å². The van der Waals surface area contributed by atoms with Gasteiger partial charge >= 0.3 is 0 Å². The molecule has 9 nitrogen and oxygen atoms in total. The van der Waals surface area contributed by atoms with Crippen molar-refractivity contribution in [2.24, 2.45) is 0 Å². The second-order valence-corrected chi connectivity index (χ2v) is 10.7. The van der Waals surface area contributed by atoms with Crippen LogP contribution in [0.3, 0.4) is 0 Å². The average Bonchev–Trinajstić information content (AvgIpc) is 3.27. The number of ether oxygens (including phenoxy) is 1. The fraction of sp³-hybridized carbons (Fsp3) is 0.350. The Morgan fingerprint density at radius 2 is 1.53 bits per heavy atom. The maximum absolute atomic E-state index is 12.9. The fourth-order valence-electron chi connectivity index (χ4n) is 3.03. The molecule has 1 heterocycles. The summed E-state index contributed by atoms with van der Waals surface area (Å²) in [7, 11) is -7.55. The smallest absolute Gasteiger partial charge is 0.240 e. The van der Waals surface area contributed by atoms with E-state index in [4.69, 9.17) is 4.74 Å². The van der Waals surface area contributed by atoms with E-state index in [0.717, 1.165) is 37.1 Å². The standard InChI is InChI=1S/C20H24FN3O6S2/c21-15-3-7-18(8-4-15)31(26,27)22-12-11-20(25)24-16-5-9-19(10-6-16)32(28,29)23-14-17-2-1-13-30-17/h3-10,17,22-23H,1-2,11-14H2,(H,24,25). The highest BCUT2D eigenvalue weighted by Crippen LogP contribution is 2.16. The van der Waals surface area contributed by atoms with Crippen LogP contribution in [0.1, 0.15) is 19.3 Å². The third-order valence-electron chi connectivity index (χ3n) is 4.74. The van der Waals surface area contributed by atoms with Crippen molar-refractivity contribution < 1.29 is 30.8 Å². The molecule has 3 rings (SSSR count). The molecule has 0 radical (unpaired) electrons. The molecule has 1 aliphatic heterocycles. The van der Waals surface area contributed by atoms with Crippen LogP contribution in [0.4, 0.5) is 10.1 Å². The van der Waals surface area contributed by atoms with Crippen LogP contribution in [0.5, 0.6) is 0 Å². The summed E-state index contributed by atoms with van der Waals surface area (Å²) in [6.45, 7) is 0.675. The van der Waals surface area contributed by atoms with Gasteiger partial charge < -0.3 is 10.1 Å². The monoisotopic (exact) mass is 485 g/mol. The summed E-state index contributed by atoms with van der Waals surface area (Å²) in [6.07, 6.45) is 1.45. The van der Waals surface area contributed by atoms with E-state index in [1.807, 2.05) is 0 Å². The fourth-order valence-corrected chi connectivity index (χ4v) is 5.13. The number of hydrogen-bond donors (Lipinski definition) is 3. The van der Waals surface area contributed by atoms with Gasteiger partial charge in [-0.25, -0.2) is 30.7 Å². The highest BCUT2D eigenvalue weighted by atomic mass is 32.2. The summed E-state index contributed by atoms with van der Waals surface area (Å²) in [5.74, 6) is -1.01. The molecule has 1 fully saturated rings. The predicted octanol–water partition coefficient (Wildman–Crippen LogP) is 1.59. The van der Waals surface area contributed by atoms with Crippen LogP contribution in [0.15, 0.2) is 58.3 Å². The third kappa shape index (κ3) is 6.81. The molecule has 3 N–H and O–H groups in total. The Hall–Kier alpha value is -2.38. The molecule has 12 heteroatoms. The van der Waals surface area contributed by atoms with Crippen LogP contribution in [-0.4, -0.2) is 48.5 Å². The SMILES string of the molecule is O=C(CCNS(=O)(=O)c1ccc(F)cc1)Nc1ccc(S(=O)(=O)NCC2CCCO2)cc1. The summed E-state index contributed by atoms with van der Waals surface area (Å²) in [5, 5.41) is 2.57. The Labute approximate surface area is 186 Å². The van der Waals surface area contributed by atoms with Gasteiger partial charge in [0, 0.05) is 31.8 Å². The van der Waals surface area contributed by atoms with Gasteiger partial charge in [-0.1, -0.05) is 0 Å². The molecule has 0 spiro atoms. The van der Waals surface area contributed by atoms with Gasteiger partial charge in [-0.15, -0.1) is 0 Å². The molecule has 32 heavy (non-hydrogen) atoms. The van der Waals surface area contributed by atoms with Crippen LogP contribution < -0.4 is 14.8 Å². The molecule has 0 saturated carbocycles. The molecule has 0 bridgehead atoms. The second kappa shape index (κ2) is 10.5. The lowest BCUT2D eigenvalue weighted by atomic mass is 10.2. The molecular weight excluding hydrogens is 461 g/mol. The minimum absolute atomic E-state index is 0.0561. The molecule has 1 unspecified atom stereocenters. The average molecular weight is 486 g/mol. The Morgan fingerprint density at radius 1 is 0.938 bits per heavy atom. The van der Waals surface area contributed by atoms with Crippen LogP contribution in [0, 0.1) is 5.82 Å². The molecule has 1 amide bonds. The Balaban J connectivity index is 1.47. The van der Waals surface area contributed by atoms with Crippen LogP contribution in [0.25, 0.3) is 0 Å². The lowest BCUT2D eigenvalue weighted by Gasteiger charge is -2.12. The maximum Gasteiger partial charge on any atom is 0.240 e. The van der Waals surface area contributed by atoms with Crippen molar-refractivity contribution in [1.82, 2.24) is 9.44 Å². The number of carbonyl (C=O) groups is 1. The van der Waals surface area contributed by atoms with Crippen molar-refractivity contribution in [3.63, 3.8) is 0 Å². The van der Waals surface area contributed by atoms with E-state index in [0.29, 0.717) is 12.3 Å². The van der Waals surface area contributed by atoms with E-state index in [-0.39, 0.29) is 35.4 Å². The minimum Gasteiger partial charge on any atom is -0.377 e. The number of carbonyl (C=O) groups excluding carboxylic acids is 1. The number of benzene rings is 2. The molecule has 0 aliphatic carbocycles. The van der Waals surface area contributed by atoms with Gasteiger partial charge in [-0.2, -0.15) is 0 Å². The van der Waals surface area contributed by atoms with E-state index in [1.54, 1.807) is 0 Å². The van der Waals surface area contributed by atoms with E-state index in [1.165, 1.54) is 24.3 Å². The first-order valence-corrected chi connectivity index (χ1v) is 12.9. The summed E-state index contributed by atoms with van der Waals surface area (Å²) < 4.78 is 72.0. The van der Waals surface area contributed by atoms with Crippen molar-refractivity contribution in [2.75, 3.05) is 25.0 Å². The van der Waals surface area contributed by atoms with Gasteiger partial charge in [0.05, 0.1) is 15.9 Å². The third-order valence-corrected chi connectivity index (χ3v) is 7.66. The lowest BCUT2D eigenvalue weighted by molar-refractivity contribution is -0.116. The quantitative estimate of drug-likeness (QED) is 0.469. The van der Waals surface area contributed by atoms with Crippen molar-refractivity contribution >= 4 is 31.6 Å². The van der Waals surface area contributed by atoms with Gasteiger partial charge in [0.1, 0.15) is 5.82 Å². The predicted molar refractivity (Wildman–Crippen MR) is 115 cm³/mol. The Morgan fingerprint density at radius 3 is 2.12 bits per heavy atom. The van der Waals surface area contributed by atoms with Gasteiger partial charge in [0.15, 0.2) is 0 Å². The number of halogens is 1. The molecule has 1 atom stereocenters. The van der Waals surface area contributed by atoms with Crippen LogP contribution >= 0.6 is 0 Å². The largest absolute Gasteiger partial charge is 0.377 e. The van der Waals surface area contributed by atoms with Crippen molar-refractivity contribution in [3.05, 3.63) is 54.3 Å². The molecule has 0 aromatic heterocycles. The zero-order valence-electron chi connectivity index (χ0n) is 17.1. The zero-order valence-corrected chi connectivity index (χ0v) is 18.7. The second-order valence-electron chi connectivity index (χ2n) is 7.16. The van der Waals surface area contributed by atoms with E-state index < -0.39 is 31.8 Å². The van der Waals surface area contributed by atoms with Crippen molar-refractivity contribution in [3.8, 4) is 0 Å². The first kappa shape index (κ1) is 24.3. The minimum atomic E-state index is -3.86. The molecular formula is C20H24FN3O6S2. The zero-order chi connectivity index (χ0) is 23.2. The Kier molecular flexibility index (Phi) is 7.96. The lowest BCUT2D eigenvalue weighted by Crippen LogP contribution is -2.31. The number of hydrogen-bond acceptors (Lipinski definition) is 6. The van der Waals surface area contributed by atoms with Gasteiger partial charge in [0.2, 0.25) is 26.0 Å². The molecule has 2 aromatic carbocycles. The summed E-state index contributed by atoms with van der Waals surface area (Å²) in [4.78, 5) is 12.0. The number of nitrogens with one attached hydrogen (secondary N) is 3. The molecule has 1 saturated heterocycles. The maximum atomic E-state index is 12.9. The Bertz CT molecular complexity index is 1130. The van der Waals surface area contributed by atoms with Gasteiger partial charge in [-0.05, 0) is 61.4 Å². The van der Waals surface area contributed by atoms with Gasteiger partial charge in [-0.3, -0.25) is 4.79 Å². The normalized spacial score (nSPS) is 16.7. The van der Waals surface area contributed by atoms with Gasteiger partial charge in [0.25, 0.3) is 0 Å². The van der Waals surface area contributed by atoms with E-state index >= 15 is 0 Å². The number of amides is 1. The molecule has 1 aliphatic rings. The van der Waals surface area contributed by atoms with Crippen molar-refractivity contribution in [2.45, 2.75) is 35.2 Å². The molecule has 174 valence electrons. The van der Waals surface area contributed by atoms with E-state index in [2.05, 4.69) is 14.8 Å². The number of rotatable bonds is 10. The molecule has 2 aromatic rings. The van der Waals surface area contributed by atoms with E-state index in [9.17, 15) is 26.0 Å². The first-order chi connectivity index (χ1) is 15.2. The summed E-state index contributed by atoms with van der Waals surface area (Å²) >= 11 is 0.